The van der Waals surface area contributed by atoms with Gasteiger partial charge in [-0.05, 0) is 23.8 Å². The number of carbonyl (C=O) groups is 1. The summed E-state index contributed by atoms with van der Waals surface area (Å²) < 4.78 is 44.6. The number of nitrogens with zero attached hydrogens (tertiary/aromatic N) is 1. The lowest BCUT2D eigenvalue weighted by Gasteiger charge is -2.08. The van der Waals surface area contributed by atoms with E-state index in [0.717, 1.165) is 11.6 Å². The number of fused-ring (bicyclic) bond motifs is 1. The molecule has 0 saturated heterocycles. The first-order valence-electron chi connectivity index (χ1n) is 9.79. The van der Waals surface area contributed by atoms with Crippen LogP contribution in [0.5, 0.6) is 5.75 Å². The fraction of sp³-hybridized carbons (Fsp3) is 0.167. The first-order chi connectivity index (χ1) is 14.9. The molecule has 2 aromatic carbocycles. The van der Waals surface area contributed by atoms with Crippen LogP contribution in [0.4, 0.5) is 13.2 Å². The molecule has 2 heterocycles. The van der Waals surface area contributed by atoms with Crippen LogP contribution in [0.2, 0.25) is 0 Å². The molecule has 1 N–H and O–H groups in total. The SMILES string of the molecule is CC.O=C(c1cccc(C(F)(F)F)n1)c1c[nH]c2c(OCc3ccccc3)cccc12. The fourth-order valence-corrected chi connectivity index (χ4v) is 3.03. The average molecular weight is 426 g/mol. The predicted octanol–water partition coefficient (Wildman–Crippen LogP) is 6.42. The van der Waals surface area contributed by atoms with Gasteiger partial charge in [0.2, 0.25) is 5.78 Å². The van der Waals surface area contributed by atoms with Gasteiger partial charge in [-0.1, -0.05) is 62.4 Å². The van der Waals surface area contributed by atoms with Crippen LogP contribution in [0.25, 0.3) is 10.9 Å². The van der Waals surface area contributed by atoms with Crippen molar-refractivity contribution in [1.82, 2.24) is 9.97 Å². The maximum atomic E-state index is 12.9. The maximum Gasteiger partial charge on any atom is 0.433 e. The van der Waals surface area contributed by atoms with Crippen molar-refractivity contribution < 1.29 is 22.7 Å². The molecule has 4 nitrogen and oxygen atoms in total. The Kier molecular flexibility index (Phi) is 6.74. The number of ether oxygens (including phenoxy) is 1. The summed E-state index contributed by atoms with van der Waals surface area (Å²) >= 11 is 0. The molecule has 7 heteroatoms. The molecule has 0 radical (unpaired) electrons. The van der Waals surface area contributed by atoms with Crippen molar-refractivity contribution in [2.45, 2.75) is 26.6 Å². The molecule has 0 aliphatic heterocycles. The monoisotopic (exact) mass is 426 g/mol. The Hall–Kier alpha value is -3.61. The molecular weight excluding hydrogens is 405 g/mol. The van der Waals surface area contributed by atoms with Gasteiger partial charge >= 0.3 is 6.18 Å². The van der Waals surface area contributed by atoms with Crippen LogP contribution >= 0.6 is 0 Å². The third-order valence-corrected chi connectivity index (χ3v) is 4.43. The predicted molar refractivity (Wildman–Crippen MR) is 113 cm³/mol. The Balaban J connectivity index is 0.00000132. The summed E-state index contributed by atoms with van der Waals surface area (Å²) in [4.78, 5) is 19.3. The number of aromatic amines is 1. The van der Waals surface area contributed by atoms with Crippen LogP contribution in [0.3, 0.4) is 0 Å². The van der Waals surface area contributed by atoms with Crippen LogP contribution in [0, 0.1) is 0 Å². The minimum Gasteiger partial charge on any atom is -0.487 e. The number of alkyl halides is 3. The van der Waals surface area contributed by atoms with E-state index in [1.807, 2.05) is 44.2 Å². The number of benzene rings is 2. The number of H-pyrrole nitrogens is 1. The number of pyridine rings is 1. The number of hydrogen-bond acceptors (Lipinski definition) is 3. The largest absolute Gasteiger partial charge is 0.487 e. The van der Waals surface area contributed by atoms with Crippen LogP contribution in [-0.4, -0.2) is 15.8 Å². The van der Waals surface area contributed by atoms with E-state index in [1.165, 1.54) is 18.3 Å². The third kappa shape index (κ3) is 4.94. The maximum absolute atomic E-state index is 12.9. The summed E-state index contributed by atoms with van der Waals surface area (Å²) in [5.74, 6) is -0.0510. The van der Waals surface area contributed by atoms with Gasteiger partial charge in [0.25, 0.3) is 0 Å². The molecule has 0 aliphatic rings. The number of para-hydroxylation sites is 1. The Morgan fingerprint density at radius 2 is 1.68 bits per heavy atom. The fourth-order valence-electron chi connectivity index (χ4n) is 3.03. The highest BCUT2D eigenvalue weighted by molar-refractivity contribution is 6.16. The lowest BCUT2D eigenvalue weighted by molar-refractivity contribution is -0.141. The van der Waals surface area contributed by atoms with Crippen LogP contribution in [0.15, 0.2) is 72.9 Å². The highest BCUT2D eigenvalue weighted by atomic mass is 19.4. The van der Waals surface area contributed by atoms with Gasteiger partial charge in [0.1, 0.15) is 23.7 Å². The Labute approximate surface area is 177 Å². The van der Waals surface area contributed by atoms with Gasteiger partial charge in [0.05, 0.1) is 5.52 Å². The lowest BCUT2D eigenvalue weighted by Crippen LogP contribution is -2.12. The number of ketones is 1. The molecule has 0 fully saturated rings. The summed E-state index contributed by atoms with van der Waals surface area (Å²) in [6.45, 7) is 4.34. The van der Waals surface area contributed by atoms with E-state index >= 15 is 0 Å². The second-order valence-electron chi connectivity index (χ2n) is 6.39. The molecule has 0 unspecified atom stereocenters. The van der Waals surface area contributed by atoms with E-state index < -0.39 is 17.7 Å². The minimum absolute atomic E-state index is 0.233. The molecule has 0 spiro atoms. The second kappa shape index (κ2) is 9.47. The molecule has 0 saturated carbocycles. The molecule has 160 valence electrons. The molecular formula is C24H21F3N2O2. The second-order valence-corrected chi connectivity index (χ2v) is 6.39. The highest BCUT2D eigenvalue weighted by Gasteiger charge is 2.33. The summed E-state index contributed by atoms with van der Waals surface area (Å²) in [5.41, 5.74) is 0.447. The van der Waals surface area contributed by atoms with Crippen molar-refractivity contribution >= 4 is 16.7 Å². The first-order valence-corrected chi connectivity index (χ1v) is 9.79. The summed E-state index contributed by atoms with van der Waals surface area (Å²) in [6.07, 6.45) is -3.15. The average Bonchev–Trinajstić information content (AvgIpc) is 3.23. The topological polar surface area (TPSA) is 55.0 Å². The van der Waals surface area contributed by atoms with E-state index in [9.17, 15) is 18.0 Å². The Bertz CT molecular complexity index is 1170. The first kappa shape index (κ1) is 22.1. The molecule has 2 aromatic heterocycles. The number of aromatic nitrogens is 2. The molecule has 0 aliphatic carbocycles. The molecule has 31 heavy (non-hydrogen) atoms. The third-order valence-electron chi connectivity index (χ3n) is 4.43. The minimum atomic E-state index is -4.62. The normalized spacial score (nSPS) is 11.0. The van der Waals surface area contributed by atoms with Gasteiger partial charge in [0.15, 0.2) is 0 Å². The van der Waals surface area contributed by atoms with Gasteiger partial charge in [0, 0.05) is 17.1 Å². The smallest absolute Gasteiger partial charge is 0.433 e. The van der Waals surface area contributed by atoms with Crippen molar-refractivity contribution in [2.24, 2.45) is 0 Å². The number of rotatable bonds is 5. The van der Waals surface area contributed by atoms with Gasteiger partial charge in [-0.3, -0.25) is 4.79 Å². The van der Waals surface area contributed by atoms with Crippen molar-refractivity contribution in [3.8, 4) is 5.75 Å². The van der Waals surface area contributed by atoms with Crippen molar-refractivity contribution in [3.63, 3.8) is 0 Å². The van der Waals surface area contributed by atoms with E-state index in [1.54, 1.807) is 18.2 Å². The highest BCUT2D eigenvalue weighted by Crippen LogP contribution is 2.30. The molecule has 4 aromatic rings. The summed E-state index contributed by atoms with van der Waals surface area (Å²) in [5, 5.41) is 0.555. The lowest BCUT2D eigenvalue weighted by atomic mass is 10.1. The van der Waals surface area contributed by atoms with Gasteiger partial charge in [-0.25, -0.2) is 4.98 Å². The number of halogens is 3. The van der Waals surface area contributed by atoms with Crippen molar-refractivity contribution in [1.29, 1.82) is 0 Å². The van der Waals surface area contributed by atoms with E-state index in [0.29, 0.717) is 23.3 Å². The van der Waals surface area contributed by atoms with Gasteiger partial charge < -0.3 is 9.72 Å². The zero-order valence-corrected chi connectivity index (χ0v) is 17.0. The summed E-state index contributed by atoms with van der Waals surface area (Å²) in [6, 6.07) is 18.1. The Morgan fingerprint density at radius 1 is 0.968 bits per heavy atom. The van der Waals surface area contributed by atoms with Gasteiger partial charge in [-0.15, -0.1) is 0 Å². The number of hydrogen-bond donors (Lipinski definition) is 1. The van der Waals surface area contributed by atoms with E-state index in [2.05, 4.69) is 9.97 Å². The standard InChI is InChI=1S/C22H15F3N2O2.C2H6/c23-22(24,25)19-11-5-9-17(27-19)21(28)16-12-26-20-15(16)8-4-10-18(20)29-13-14-6-2-1-3-7-14;1-2/h1-12,26H,13H2;1-2H3. The molecule has 4 rings (SSSR count). The van der Waals surface area contributed by atoms with Crippen molar-refractivity contribution in [3.05, 3.63) is 95.4 Å². The molecule has 0 bridgehead atoms. The zero-order chi connectivity index (χ0) is 22.4. The zero-order valence-electron chi connectivity index (χ0n) is 17.0. The van der Waals surface area contributed by atoms with Crippen LogP contribution in [-0.2, 0) is 12.8 Å². The van der Waals surface area contributed by atoms with E-state index in [4.69, 9.17) is 4.74 Å². The Morgan fingerprint density at radius 3 is 2.39 bits per heavy atom. The number of nitrogens with one attached hydrogen (secondary N) is 1. The van der Waals surface area contributed by atoms with E-state index in [-0.39, 0.29) is 11.3 Å². The van der Waals surface area contributed by atoms with Gasteiger partial charge in [-0.2, -0.15) is 13.2 Å². The molecule has 0 atom stereocenters. The van der Waals surface area contributed by atoms with Crippen molar-refractivity contribution in [2.75, 3.05) is 0 Å². The molecule has 0 amide bonds. The quantitative estimate of drug-likeness (QED) is 0.375. The summed E-state index contributed by atoms with van der Waals surface area (Å²) in [7, 11) is 0. The number of carbonyl (C=O) groups excluding carboxylic acids is 1. The van der Waals surface area contributed by atoms with Crippen LogP contribution < -0.4 is 4.74 Å². The van der Waals surface area contributed by atoms with Crippen LogP contribution in [0.1, 0.15) is 41.2 Å².